The van der Waals surface area contributed by atoms with Crippen LogP contribution in [0.4, 0.5) is 22.0 Å². The number of aromatic carboxylic acids is 1. The van der Waals surface area contributed by atoms with Crippen molar-refractivity contribution in [1.29, 1.82) is 0 Å². The normalized spacial score (nSPS) is 11.5. The minimum atomic E-state index is -5.25. The number of carboxylic acid groups (broad SMARTS) is 1. The van der Waals surface area contributed by atoms with Gasteiger partial charge in [-0.3, -0.25) is 0 Å². The van der Waals surface area contributed by atoms with E-state index in [-0.39, 0.29) is 0 Å². The minimum Gasteiger partial charge on any atom is -0.493 e. The summed E-state index contributed by atoms with van der Waals surface area (Å²) in [5.41, 5.74) is -2.35. The molecule has 5 nitrogen and oxygen atoms in total. The number of aromatic nitrogens is 1. The molecule has 0 saturated carbocycles. The molecule has 1 aromatic heterocycles. The van der Waals surface area contributed by atoms with E-state index in [0.29, 0.717) is 6.07 Å². The van der Waals surface area contributed by atoms with Gasteiger partial charge in [-0.1, -0.05) is 0 Å². The summed E-state index contributed by atoms with van der Waals surface area (Å²) in [5, 5.41) is 8.61. The molecular formula is C9H6F5NO4. The van der Waals surface area contributed by atoms with Crippen molar-refractivity contribution in [2.24, 2.45) is 0 Å². The number of nitrogens with zero attached hydrogens (tertiary/aromatic N) is 1. The third-order valence-corrected chi connectivity index (χ3v) is 1.83. The van der Waals surface area contributed by atoms with Crippen LogP contribution in [0.25, 0.3) is 0 Å². The minimum absolute atomic E-state index is 0.551. The molecule has 0 spiro atoms. The first-order valence-electron chi connectivity index (χ1n) is 4.51. The van der Waals surface area contributed by atoms with Crippen LogP contribution in [0.3, 0.4) is 0 Å². The third kappa shape index (κ3) is 3.66. The van der Waals surface area contributed by atoms with E-state index in [1.165, 1.54) is 0 Å². The first-order valence-corrected chi connectivity index (χ1v) is 4.51. The Bertz CT molecular complexity index is 488. The van der Waals surface area contributed by atoms with E-state index in [0.717, 1.165) is 7.11 Å². The lowest BCUT2D eigenvalue weighted by atomic mass is 10.2. The average Bonchev–Trinajstić information content (AvgIpc) is 2.26. The van der Waals surface area contributed by atoms with Crippen molar-refractivity contribution >= 4 is 5.97 Å². The highest BCUT2D eigenvalue weighted by molar-refractivity contribution is 5.86. The van der Waals surface area contributed by atoms with Gasteiger partial charge >= 0.3 is 12.3 Å². The Balaban J connectivity index is 3.45. The summed E-state index contributed by atoms with van der Waals surface area (Å²) >= 11 is 0. The van der Waals surface area contributed by atoms with E-state index in [4.69, 9.17) is 5.11 Å². The highest BCUT2D eigenvalue weighted by Gasteiger charge is 2.36. The third-order valence-electron chi connectivity index (χ3n) is 1.83. The summed E-state index contributed by atoms with van der Waals surface area (Å²) < 4.78 is 69.3. The van der Waals surface area contributed by atoms with Crippen LogP contribution in [-0.2, 0) is 0 Å². The Kier molecular flexibility index (Phi) is 4.12. The molecule has 0 aliphatic carbocycles. The molecule has 0 radical (unpaired) electrons. The van der Waals surface area contributed by atoms with Gasteiger partial charge in [-0.2, -0.15) is 0 Å². The lowest BCUT2D eigenvalue weighted by Gasteiger charge is -2.15. The molecule has 0 unspecified atom stereocenters. The van der Waals surface area contributed by atoms with Gasteiger partial charge in [-0.25, -0.2) is 18.6 Å². The standard InChI is InChI=1S/C9H6F5NO4/c1-18-4-2-3(8(16)17)15-5(7(10)11)6(4)19-9(12,13)14/h2,7H,1H3,(H,16,17). The van der Waals surface area contributed by atoms with Gasteiger partial charge < -0.3 is 14.6 Å². The highest BCUT2D eigenvalue weighted by Crippen LogP contribution is 2.39. The number of rotatable bonds is 4. The van der Waals surface area contributed by atoms with Crippen LogP contribution in [-0.4, -0.2) is 29.5 Å². The van der Waals surface area contributed by atoms with E-state index in [2.05, 4.69) is 14.5 Å². The van der Waals surface area contributed by atoms with Crippen LogP contribution < -0.4 is 9.47 Å². The second kappa shape index (κ2) is 5.24. The lowest BCUT2D eigenvalue weighted by Crippen LogP contribution is -2.20. The quantitative estimate of drug-likeness (QED) is 0.862. The summed E-state index contributed by atoms with van der Waals surface area (Å²) in [7, 11) is 0.874. The van der Waals surface area contributed by atoms with Gasteiger partial charge in [0, 0.05) is 6.07 Å². The first-order chi connectivity index (χ1) is 8.65. The number of ether oxygens (including phenoxy) is 2. The average molecular weight is 287 g/mol. The maximum Gasteiger partial charge on any atom is 0.573 e. The van der Waals surface area contributed by atoms with Crippen LogP contribution in [0.15, 0.2) is 6.07 Å². The molecule has 0 aliphatic rings. The summed E-state index contributed by atoms with van der Waals surface area (Å²) in [5.74, 6) is -3.87. The van der Waals surface area contributed by atoms with Gasteiger partial charge in [0.2, 0.25) is 0 Å². The molecule has 0 aromatic carbocycles. The number of hydrogen-bond donors (Lipinski definition) is 1. The molecule has 1 heterocycles. The van der Waals surface area contributed by atoms with Crippen molar-refractivity contribution in [3.8, 4) is 11.5 Å². The molecule has 106 valence electrons. The maximum absolute atomic E-state index is 12.6. The van der Waals surface area contributed by atoms with Crippen molar-refractivity contribution in [3.05, 3.63) is 17.5 Å². The van der Waals surface area contributed by atoms with Gasteiger partial charge in [0.1, 0.15) is 0 Å². The number of methoxy groups -OCH3 is 1. The molecular weight excluding hydrogens is 281 g/mol. The summed E-state index contributed by atoms with van der Waals surface area (Å²) in [6, 6.07) is 0.551. The van der Waals surface area contributed by atoms with E-state index in [9.17, 15) is 26.7 Å². The largest absolute Gasteiger partial charge is 0.573 e. The van der Waals surface area contributed by atoms with Gasteiger partial charge in [0.25, 0.3) is 6.43 Å². The Morgan fingerprint density at radius 3 is 2.37 bits per heavy atom. The molecule has 1 rings (SSSR count). The van der Waals surface area contributed by atoms with E-state index >= 15 is 0 Å². The molecule has 1 aromatic rings. The Labute approximate surface area is 102 Å². The number of hydrogen-bond acceptors (Lipinski definition) is 4. The van der Waals surface area contributed by atoms with Crippen LogP contribution in [0.1, 0.15) is 22.6 Å². The topological polar surface area (TPSA) is 68.7 Å². The van der Waals surface area contributed by atoms with Crippen molar-refractivity contribution in [2.45, 2.75) is 12.8 Å². The SMILES string of the molecule is COc1cc(C(=O)O)nc(C(F)F)c1OC(F)(F)F. The van der Waals surface area contributed by atoms with E-state index in [1.807, 2.05) is 0 Å². The van der Waals surface area contributed by atoms with Crippen LogP contribution in [0.2, 0.25) is 0 Å². The zero-order chi connectivity index (χ0) is 14.8. The number of alkyl halides is 5. The van der Waals surface area contributed by atoms with Crippen molar-refractivity contribution in [3.63, 3.8) is 0 Å². The fraction of sp³-hybridized carbons (Fsp3) is 0.333. The van der Waals surface area contributed by atoms with Gasteiger partial charge in [-0.05, 0) is 0 Å². The second-order valence-corrected chi connectivity index (χ2v) is 3.08. The Morgan fingerprint density at radius 1 is 1.42 bits per heavy atom. The van der Waals surface area contributed by atoms with Crippen LogP contribution in [0, 0.1) is 0 Å². The van der Waals surface area contributed by atoms with Gasteiger partial charge in [0.15, 0.2) is 22.9 Å². The fourth-order valence-electron chi connectivity index (χ4n) is 1.16. The molecule has 0 saturated heterocycles. The lowest BCUT2D eigenvalue weighted by molar-refractivity contribution is -0.275. The number of carbonyl (C=O) groups is 1. The number of halogens is 5. The summed E-state index contributed by atoms with van der Waals surface area (Å²) in [4.78, 5) is 13.5. The number of pyridine rings is 1. The molecule has 0 amide bonds. The summed E-state index contributed by atoms with van der Waals surface area (Å²) in [6.07, 6.45) is -8.71. The molecule has 1 N–H and O–H groups in total. The molecule has 0 bridgehead atoms. The highest BCUT2D eigenvalue weighted by atomic mass is 19.4. The Morgan fingerprint density at radius 2 is 2.00 bits per heavy atom. The predicted molar refractivity (Wildman–Crippen MR) is 49.4 cm³/mol. The molecule has 10 heteroatoms. The van der Waals surface area contributed by atoms with Crippen molar-refractivity contribution < 1.29 is 41.3 Å². The van der Waals surface area contributed by atoms with Crippen LogP contribution >= 0.6 is 0 Å². The van der Waals surface area contributed by atoms with Gasteiger partial charge in [-0.15, -0.1) is 13.2 Å². The monoisotopic (exact) mass is 287 g/mol. The smallest absolute Gasteiger partial charge is 0.493 e. The zero-order valence-electron chi connectivity index (χ0n) is 9.16. The molecule has 0 fully saturated rings. The zero-order valence-corrected chi connectivity index (χ0v) is 9.16. The van der Waals surface area contributed by atoms with E-state index in [1.54, 1.807) is 0 Å². The molecule has 0 aliphatic heterocycles. The van der Waals surface area contributed by atoms with Crippen molar-refractivity contribution in [1.82, 2.24) is 4.98 Å². The fourth-order valence-corrected chi connectivity index (χ4v) is 1.16. The maximum atomic E-state index is 12.6. The molecule has 0 atom stereocenters. The predicted octanol–water partition coefficient (Wildman–Crippen LogP) is 2.62. The number of carboxylic acids is 1. The second-order valence-electron chi connectivity index (χ2n) is 3.08. The van der Waals surface area contributed by atoms with Crippen molar-refractivity contribution in [2.75, 3.05) is 7.11 Å². The molecule has 19 heavy (non-hydrogen) atoms. The first kappa shape index (κ1) is 14.9. The van der Waals surface area contributed by atoms with Crippen LogP contribution in [0.5, 0.6) is 11.5 Å². The van der Waals surface area contributed by atoms with Gasteiger partial charge in [0.05, 0.1) is 7.11 Å². The Hall–Kier alpha value is -2.13. The van der Waals surface area contributed by atoms with E-state index < -0.39 is 41.6 Å². The summed E-state index contributed by atoms with van der Waals surface area (Å²) in [6.45, 7) is 0.